The van der Waals surface area contributed by atoms with Crippen LogP contribution in [0.15, 0.2) is 29.4 Å². The summed E-state index contributed by atoms with van der Waals surface area (Å²) in [5, 5.41) is 42.4. The topological polar surface area (TPSA) is 118 Å². The van der Waals surface area contributed by atoms with Crippen LogP contribution >= 0.6 is 11.6 Å². The normalized spacial score (nSPS) is 15.7. The van der Waals surface area contributed by atoms with Gasteiger partial charge in [-0.2, -0.15) is 5.10 Å². The number of nitrogens with zero attached hydrogens (tertiary/aromatic N) is 2. The van der Waals surface area contributed by atoms with Crippen LogP contribution in [0.3, 0.4) is 0 Å². The van der Waals surface area contributed by atoms with Gasteiger partial charge in [-0.05, 0) is 36.8 Å². The van der Waals surface area contributed by atoms with Crippen LogP contribution in [0.2, 0.25) is 5.02 Å². The van der Waals surface area contributed by atoms with E-state index in [1.54, 1.807) is 18.2 Å². The van der Waals surface area contributed by atoms with Crippen molar-refractivity contribution in [2.75, 3.05) is 12.0 Å². The summed E-state index contributed by atoms with van der Waals surface area (Å²) >= 11 is 5.96. The van der Waals surface area contributed by atoms with Gasteiger partial charge in [-0.1, -0.05) is 11.6 Å². The maximum atomic E-state index is 9.61. The maximum absolute atomic E-state index is 9.61. The number of aliphatic hydroxyl groups is 4. The van der Waals surface area contributed by atoms with Gasteiger partial charge in [0.05, 0.1) is 18.3 Å². The second-order valence-corrected chi connectivity index (χ2v) is 5.54. The van der Waals surface area contributed by atoms with Crippen molar-refractivity contribution in [1.29, 1.82) is 0 Å². The maximum Gasteiger partial charge on any atom is 0.147 e. The van der Waals surface area contributed by atoms with Crippen molar-refractivity contribution in [2.24, 2.45) is 5.10 Å². The molecule has 1 heterocycles. The van der Waals surface area contributed by atoms with Gasteiger partial charge >= 0.3 is 0 Å². The van der Waals surface area contributed by atoms with Crippen molar-refractivity contribution < 1.29 is 20.4 Å². The summed E-state index contributed by atoms with van der Waals surface area (Å²) in [6.45, 7) is 1.25. The van der Waals surface area contributed by atoms with Crippen molar-refractivity contribution >= 4 is 34.5 Å². The average molecular weight is 340 g/mol. The number of pyridine rings is 1. The Labute approximate surface area is 137 Å². The van der Waals surface area contributed by atoms with E-state index in [-0.39, 0.29) is 0 Å². The highest BCUT2D eigenvalue weighted by Gasteiger charge is 2.22. The Balaban J connectivity index is 2.10. The molecule has 2 rings (SSSR count). The fraction of sp³-hybridized carbons (Fsp3) is 0.333. The molecular weight excluding hydrogens is 322 g/mol. The van der Waals surface area contributed by atoms with Crippen LogP contribution in [0, 0.1) is 6.92 Å². The number of aliphatic hydroxyl groups excluding tert-OH is 4. The van der Waals surface area contributed by atoms with E-state index >= 15 is 0 Å². The third-order valence-electron chi connectivity index (χ3n) is 3.32. The Kier molecular flexibility index (Phi) is 5.86. The van der Waals surface area contributed by atoms with E-state index in [4.69, 9.17) is 16.7 Å². The van der Waals surface area contributed by atoms with Crippen LogP contribution in [0.1, 0.15) is 5.56 Å². The molecule has 0 spiro atoms. The van der Waals surface area contributed by atoms with Gasteiger partial charge in [0.25, 0.3) is 0 Å². The van der Waals surface area contributed by atoms with Crippen LogP contribution in [-0.2, 0) is 0 Å². The molecule has 124 valence electrons. The number of nitrogens with one attached hydrogen (secondary N) is 1. The molecule has 2 aromatic rings. The second-order valence-electron chi connectivity index (χ2n) is 5.11. The lowest BCUT2D eigenvalue weighted by Crippen LogP contribution is -2.40. The van der Waals surface area contributed by atoms with Gasteiger partial charge in [0.15, 0.2) is 0 Å². The fourth-order valence-corrected chi connectivity index (χ4v) is 2.20. The monoisotopic (exact) mass is 339 g/mol. The average Bonchev–Trinajstić information content (AvgIpc) is 2.54. The van der Waals surface area contributed by atoms with E-state index in [9.17, 15) is 15.3 Å². The van der Waals surface area contributed by atoms with Crippen molar-refractivity contribution in [1.82, 2.24) is 4.98 Å². The number of aryl methyl sites for hydroxylation is 1. The molecule has 8 heteroatoms. The van der Waals surface area contributed by atoms with E-state index in [1.807, 2.05) is 13.0 Å². The van der Waals surface area contributed by atoms with Gasteiger partial charge in [0, 0.05) is 10.4 Å². The number of hydrogen-bond acceptors (Lipinski definition) is 7. The van der Waals surface area contributed by atoms with Gasteiger partial charge in [0.1, 0.15) is 24.1 Å². The molecule has 0 fully saturated rings. The van der Waals surface area contributed by atoms with E-state index in [1.165, 1.54) is 0 Å². The van der Waals surface area contributed by atoms with Crippen molar-refractivity contribution in [3.8, 4) is 0 Å². The number of fused-ring (bicyclic) bond motifs is 1. The SMILES string of the molecule is Cc1cc(N/N=C/[C@H](O)[C@H](O)[C@H](O)CO)nc2ccc(Cl)cc12. The van der Waals surface area contributed by atoms with E-state index in [0.29, 0.717) is 10.8 Å². The second kappa shape index (κ2) is 7.67. The standard InChI is InChI=1S/C15H18ClN3O4/c1-8-4-14(18-11-3-2-9(16)5-10(8)11)19-17-6-12(21)15(23)13(22)7-20/h2-6,12-13,15,20-23H,7H2,1H3,(H,18,19)/b17-6+/t12-,13+,15-/m0/s1. The highest BCUT2D eigenvalue weighted by molar-refractivity contribution is 6.31. The molecule has 0 bridgehead atoms. The molecule has 1 aromatic carbocycles. The Morgan fingerprint density at radius 3 is 2.74 bits per heavy atom. The minimum atomic E-state index is -1.53. The first-order valence-corrected chi connectivity index (χ1v) is 7.31. The molecule has 0 aliphatic rings. The Morgan fingerprint density at radius 2 is 2.04 bits per heavy atom. The molecule has 0 aliphatic carbocycles. The van der Waals surface area contributed by atoms with Crippen LogP contribution in [0.4, 0.5) is 5.82 Å². The minimum absolute atomic E-state index is 0.456. The van der Waals surface area contributed by atoms with Gasteiger partial charge in [-0.15, -0.1) is 0 Å². The predicted molar refractivity (Wildman–Crippen MR) is 88.7 cm³/mol. The van der Waals surface area contributed by atoms with E-state index in [2.05, 4.69) is 15.5 Å². The predicted octanol–water partition coefficient (Wildman–Crippen LogP) is 0.669. The summed E-state index contributed by atoms with van der Waals surface area (Å²) in [6, 6.07) is 7.11. The molecule has 0 saturated carbocycles. The zero-order chi connectivity index (χ0) is 17.0. The molecule has 0 saturated heterocycles. The molecule has 3 atom stereocenters. The first-order valence-electron chi connectivity index (χ1n) is 6.93. The molecule has 7 nitrogen and oxygen atoms in total. The minimum Gasteiger partial charge on any atom is -0.394 e. The zero-order valence-electron chi connectivity index (χ0n) is 12.4. The van der Waals surface area contributed by atoms with Crippen LogP contribution in [-0.4, -0.2) is 56.5 Å². The molecule has 0 amide bonds. The van der Waals surface area contributed by atoms with E-state index < -0.39 is 24.9 Å². The summed E-state index contributed by atoms with van der Waals surface area (Å²) in [5.74, 6) is 0.456. The Morgan fingerprint density at radius 1 is 1.30 bits per heavy atom. The highest BCUT2D eigenvalue weighted by atomic mass is 35.5. The lowest BCUT2D eigenvalue weighted by molar-refractivity contribution is -0.0541. The van der Waals surface area contributed by atoms with Crippen molar-refractivity contribution in [3.63, 3.8) is 0 Å². The first kappa shape index (κ1) is 17.6. The third-order valence-corrected chi connectivity index (χ3v) is 3.55. The smallest absolute Gasteiger partial charge is 0.147 e. The van der Waals surface area contributed by atoms with Gasteiger partial charge in [0.2, 0.25) is 0 Å². The third kappa shape index (κ3) is 4.37. The van der Waals surface area contributed by atoms with Crippen LogP contribution < -0.4 is 5.43 Å². The largest absolute Gasteiger partial charge is 0.394 e. The number of hydrogen-bond donors (Lipinski definition) is 5. The van der Waals surface area contributed by atoms with Crippen LogP contribution in [0.5, 0.6) is 0 Å². The lowest BCUT2D eigenvalue weighted by Gasteiger charge is -2.18. The lowest BCUT2D eigenvalue weighted by atomic mass is 10.1. The number of halogens is 1. The molecule has 23 heavy (non-hydrogen) atoms. The summed E-state index contributed by atoms with van der Waals surface area (Å²) in [5.41, 5.74) is 4.33. The molecule has 5 N–H and O–H groups in total. The number of anilines is 1. The molecule has 0 radical (unpaired) electrons. The number of benzene rings is 1. The van der Waals surface area contributed by atoms with Gasteiger partial charge in [-0.25, -0.2) is 4.98 Å². The molecule has 0 aliphatic heterocycles. The van der Waals surface area contributed by atoms with Crippen molar-refractivity contribution in [2.45, 2.75) is 25.2 Å². The van der Waals surface area contributed by atoms with Gasteiger partial charge < -0.3 is 20.4 Å². The zero-order valence-corrected chi connectivity index (χ0v) is 13.1. The number of aromatic nitrogens is 1. The Hall–Kier alpha value is -1.77. The molecule has 0 unspecified atom stereocenters. The van der Waals surface area contributed by atoms with Gasteiger partial charge in [-0.3, -0.25) is 5.43 Å². The quantitative estimate of drug-likeness (QED) is 0.390. The molecular formula is C15H18ClN3O4. The Bertz CT molecular complexity index is 710. The van der Waals surface area contributed by atoms with Crippen molar-refractivity contribution in [3.05, 3.63) is 34.9 Å². The fourth-order valence-electron chi connectivity index (χ4n) is 2.03. The van der Waals surface area contributed by atoms with Crippen LogP contribution in [0.25, 0.3) is 10.9 Å². The summed E-state index contributed by atoms with van der Waals surface area (Å²) in [4.78, 5) is 4.35. The number of hydrazone groups is 1. The molecule has 1 aromatic heterocycles. The van der Waals surface area contributed by atoms with E-state index in [0.717, 1.165) is 22.7 Å². The number of rotatable bonds is 6. The summed E-state index contributed by atoms with van der Waals surface area (Å²) in [6.07, 6.45) is -3.38. The highest BCUT2D eigenvalue weighted by Crippen LogP contribution is 2.23. The summed E-state index contributed by atoms with van der Waals surface area (Å²) < 4.78 is 0. The summed E-state index contributed by atoms with van der Waals surface area (Å²) in [7, 11) is 0. The first-order chi connectivity index (χ1) is 10.9.